The molecule has 0 N–H and O–H groups in total. The van der Waals surface area contributed by atoms with E-state index in [0.29, 0.717) is 13.2 Å². The van der Waals surface area contributed by atoms with E-state index in [0.717, 1.165) is 37.1 Å². The Bertz CT molecular complexity index is 280. The number of rotatable bonds is 7. The molecule has 0 aromatic rings. The van der Waals surface area contributed by atoms with Crippen molar-refractivity contribution in [3.05, 3.63) is 0 Å². The van der Waals surface area contributed by atoms with Crippen molar-refractivity contribution in [3.8, 4) is 0 Å². The number of esters is 1. The van der Waals surface area contributed by atoms with E-state index in [9.17, 15) is 4.79 Å². The van der Waals surface area contributed by atoms with Crippen LogP contribution in [-0.4, -0.2) is 37.6 Å². The number of fused-ring (bicyclic) bond motifs is 2. The number of likely N-dealkylation sites (N-methyl/N-ethyl adjacent to an activating group) is 1. The Kier molecular flexibility index (Phi) is 5.04. The van der Waals surface area contributed by atoms with Crippen molar-refractivity contribution in [2.75, 3.05) is 26.7 Å². The molecule has 2 aliphatic rings. The number of nitrogens with zero attached hydrogens (tertiary/aromatic N) is 1. The van der Waals surface area contributed by atoms with Crippen molar-refractivity contribution in [2.45, 2.75) is 45.4 Å². The first-order chi connectivity index (χ1) is 8.69. The number of hydrogen-bond acceptors (Lipinski definition) is 3. The molecule has 0 aromatic carbocycles. The van der Waals surface area contributed by atoms with E-state index in [1.807, 2.05) is 7.05 Å². The predicted molar refractivity (Wildman–Crippen MR) is 72.3 cm³/mol. The number of hydrogen-bond donors (Lipinski definition) is 0. The lowest BCUT2D eigenvalue weighted by Gasteiger charge is -2.26. The van der Waals surface area contributed by atoms with E-state index >= 15 is 0 Å². The van der Waals surface area contributed by atoms with Gasteiger partial charge in [-0.1, -0.05) is 19.8 Å². The third-order valence-corrected chi connectivity index (χ3v) is 4.59. The first kappa shape index (κ1) is 13.9. The van der Waals surface area contributed by atoms with Gasteiger partial charge >= 0.3 is 5.97 Å². The van der Waals surface area contributed by atoms with Crippen LogP contribution < -0.4 is 0 Å². The van der Waals surface area contributed by atoms with Gasteiger partial charge < -0.3 is 4.74 Å². The van der Waals surface area contributed by atoms with Crippen LogP contribution in [0.5, 0.6) is 0 Å². The molecule has 3 nitrogen and oxygen atoms in total. The molecule has 2 saturated carbocycles. The molecule has 3 unspecified atom stereocenters. The summed E-state index contributed by atoms with van der Waals surface area (Å²) in [6.07, 6.45) is 7.75. The predicted octanol–water partition coefficient (Wildman–Crippen LogP) is 2.70. The third kappa shape index (κ3) is 3.71. The van der Waals surface area contributed by atoms with Crippen molar-refractivity contribution in [1.82, 2.24) is 4.90 Å². The van der Waals surface area contributed by atoms with Gasteiger partial charge in [-0.3, -0.25) is 9.69 Å². The molecule has 2 rings (SSSR count). The molecule has 2 fully saturated rings. The molecule has 2 bridgehead atoms. The molecule has 18 heavy (non-hydrogen) atoms. The lowest BCUT2D eigenvalue weighted by molar-refractivity contribution is -0.144. The summed E-state index contributed by atoms with van der Waals surface area (Å²) in [5, 5.41) is 0. The van der Waals surface area contributed by atoms with Crippen LogP contribution in [0, 0.1) is 17.8 Å². The monoisotopic (exact) mass is 253 g/mol. The highest BCUT2D eigenvalue weighted by molar-refractivity contribution is 5.71. The van der Waals surface area contributed by atoms with Gasteiger partial charge in [0.2, 0.25) is 0 Å². The van der Waals surface area contributed by atoms with Gasteiger partial charge in [-0.05, 0) is 50.5 Å². The first-order valence-electron chi connectivity index (χ1n) is 7.53. The fourth-order valence-electron chi connectivity index (χ4n) is 3.66. The normalized spacial score (nSPS) is 30.1. The highest BCUT2D eigenvalue weighted by Gasteiger charge is 2.39. The lowest BCUT2D eigenvalue weighted by Crippen LogP contribution is -2.33. The van der Waals surface area contributed by atoms with E-state index in [1.54, 1.807) is 0 Å². The van der Waals surface area contributed by atoms with Crippen LogP contribution >= 0.6 is 0 Å². The fraction of sp³-hybridized carbons (Fsp3) is 0.933. The molecule has 3 atom stereocenters. The quantitative estimate of drug-likeness (QED) is 0.516. The SMILES string of the molecule is CCCCOC(=O)CN(C)CC1CC2CCC1C2. The summed E-state index contributed by atoms with van der Waals surface area (Å²) in [5.41, 5.74) is 0. The van der Waals surface area contributed by atoms with Crippen LogP contribution in [0.4, 0.5) is 0 Å². The molecule has 104 valence electrons. The van der Waals surface area contributed by atoms with Crippen molar-refractivity contribution < 1.29 is 9.53 Å². The maximum absolute atomic E-state index is 11.6. The van der Waals surface area contributed by atoms with E-state index in [1.165, 1.54) is 25.7 Å². The van der Waals surface area contributed by atoms with Gasteiger partial charge in [-0.15, -0.1) is 0 Å². The molecule has 2 aliphatic carbocycles. The second-order valence-corrected chi connectivity index (χ2v) is 6.21. The number of ether oxygens (including phenoxy) is 1. The maximum Gasteiger partial charge on any atom is 0.320 e. The van der Waals surface area contributed by atoms with Gasteiger partial charge in [0.1, 0.15) is 0 Å². The standard InChI is InChI=1S/C15H27NO2/c1-3-4-7-18-15(17)11-16(2)10-14-9-12-5-6-13(14)8-12/h12-14H,3-11H2,1-2H3. The average molecular weight is 253 g/mol. The van der Waals surface area contributed by atoms with Crippen LogP contribution in [0.1, 0.15) is 45.4 Å². The third-order valence-electron chi connectivity index (χ3n) is 4.59. The molecule has 0 saturated heterocycles. The van der Waals surface area contributed by atoms with Crippen molar-refractivity contribution in [3.63, 3.8) is 0 Å². The van der Waals surface area contributed by atoms with Crippen LogP contribution in [-0.2, 0) is 9.53 Å². The Morgan fingerprint density at radius 1 is 1.33 bits per heavy atom. The largest absolute Gasteiger partial charge is 0.465 e. The molecule has 0 amide bonds. The molecule has 0 aromatic heterocycles. The molecule has 3 heteroatoms. The molecular weight excluding hydrogens is 226 g/mol. The van der Waals surface area contributed by atoms with E-state index in [-0.39, 0.29) is 5.97 Å². The van der Waals surface area contributed by atoms with E-state index in [4.69, 9.17) is 4.74 Å². The topological polar surface area (TPSA) is 29.5 Å². The fourth-order valence-corrected chi connectivity index (χ4v) is 3.66. The van der Waals surface area contributed by atoms with Crippen molar-refractivity contribution >= 4 is 5.97 Å². The molecular formula is C15H27NO2. The summed E-state index contributed by atoms with van der Waals surface area (Å²) in [5.74, 6) is 2.70. The molecule has 0 spiro atoms. The van der Waals surface area contributed by atoms with Gasteiger partial charge in [0.25, 0.3) is 0 Å². The maximum atomic E-state index is 11.6. The highest BCUT2D eigenvalue weighted by Crippen LogP contribution is 2.48. The summed E-state index contributed by atoms with van der Waals surface area (Å²) in [7, 11) is 2.05. The van der Waals surface area contributed by atoms with Gasteiger partial charge in [-0.25, -0.2) is 0 Å². The Labute approximate surface area is 111 Å². The summed E-state index contributed by atoms with van der Waals surface area (Å²) < 4.78 is 5.20. The second-order valence-electron chi connectivity index (χ2n) is 6.21. The second kappa shape index (κ2) is 6.55. The van der Waals surface area contributed by atoms with Crippen LogP contribution in [0.2, 0.25) is 0 Å². The van der Waals surface area contributed by atoms with Crippen LogP contribution in [0.25, 0.3) is 0 Å². The Hall–Kier alpha value is -0.570. The van der Waals surface area contributed by atoms with Gasteiger partial charge in [0.15, 0.2) is 0 Å². The zero-order chi connectivity index (χ0) is 13.0. The highest BCUT2D eigenvalue weighted by atomic mass is 16.5. The smallest absolute Gasteiger partial charge is 0.320 e. The number of carbonyl (C=O) groups is 1. The van der Waals surface area contributed by atoms with Gasteiger partial charge in [0.05, 0.1) is 13.2 Å². The molecule has 0 radical (unpaired) electrons. The minimum Gasteiger partial charge on any atom is -0.465 e. The summed E-state index contributed by atoms with van der Waals surface area (Å²) >= 11 is 0. The van der Waals surface area contributed by atoms with Gasteiger partial charge in [-0.2, -0.15) is 0 Å². The summed E-state index contributed by atoms with van der Waals surface area (Å²) in [4.78, 5) is 13.8. The zero-order valence-corrected chi connectivity index (χ0v) is 11.9. The van der Waals surface area contributed by atoms with Gasteiger partial charge in [0, 0.05) is 6.54 Å². The first-order valence-corrected chi connectivity index (χ1v) is 7.53. The molecule has 0 aliphatic heterocycles. The van der Waals surface area contributed by atoms with E-state index in [2.05, 4.69) is 11.8 Å². The number of carbonyl (C=O) groups excluding carboxylic acids is 1. The van der Waals surface area contributed by atoms with E-state index < -0.39 is 0 Å². The Balaban J connectivity index is 1.62. The minimum absolute atomic E-state index is 0.0610. The zero-order valence-electron chi connectivity index (χ0n) is 11.9. The molecule has 0 heterocycles. The van der Waals surface area contributed by atoms with Crippen LogP contribution in [0.15, 0.2) is 0 Å². The Morgan fingerprint density at radius 2 is 2.17 bits per heavy atom. The summed E-state index contributed by atoms with van der Waals surface area (Å²) in [6.45, 7) is 4.22. The lowest BCUT2D eigenvalue weighted by atomic mass is 9.88. The average Bonchev–Trinajstić information content (AvgIpc) is 2.91. The van der Waals surface area contributed by atoms with Crippen LogP contribution in [0.3, 0.4) is 0 Å². The van der Waals surface area contributed by atoms with Crippen molar-refractivity contribution in [2.24, 2.45) is 17.8 Å². The number of unbranched alkanes of at least 4 members (excludes halogenated alkanes) is 1. The minimum atomic E-state index is -0.0610. The van der Waals surface area contributed by atoms with Crippen molar-refractivity contribution in [1.29, 1.82) is 0 Å². The Morgan fingerprint density at radius 3 is 2.78 bits per heavy atom. The summed E-state index contributed by atoms with van der Waals surface area (Å²) in [6, 6.07) is 0.